The van der Waals surface area contributed by atoms with Gasteiger partial charge in [-0.15, -0.1) is 0 Å². The summed E-state index contributed by atoms with van der Waals surface area (Å²) in [6, 6.07) is 6.18. The van der Waals surface area contributed by atoms with E-state index in [0.29, 0.717) is 5.41 Å². The molecule has 0 unspecified atom stereocenters. The van der Waals surface area contributed by atoms with Gasteiger partial charge in [0.25, 0.3) is 9.84 Å². The van der Waals surface area contributed by atoms with E-state index in [-0.39, 0.29) is 10.8 Å². The Labute approximate surface area is 107 Å². The number of sulfone groups is 1. The molecule has 18 heavy (non-hydrogen) atoms. The molecular weight excluding hydrogens is 282 g/mol. The van der Waals surface area contributed by atoms with Crippen molar-refractivity contribution in [2.75, 3.05) is 0 Å². The van der Waals surface area contributed by atoms with Gasteiger partial charge in [-0.1, -0.05) is 23.7 Å². The van der Waals surface area contributed by atoms with Crippen LogP contribution in [0.25, 0.3) is 0 Å². The molecule has 8 heteroatoms. The third-order valence-corrected chi connectivity index (χ3v) is 3.48. The third kappa shape index (κ3) is 2.36. The third-order valence-electron chi connectivity index (χ3n) is 1.97. The zero-order chi connectivity index (χ0) is 13.3. The number of hydrogen-bond acceptors (Lipinski definition) is 5. The first-order valence-electron chi connectivity index (χ1n) is 4.61. The average molecular weight is 288 g/mol. The van der Waals surface area contributed by atoms with Crippen LogP contribution in [0.1, 0.15) is 0 Å². The summed E-state index contributed by atoms with van der Waals surface area (Å²) in [6.45, 7) is 0. The molecule has 0 fully saturated rings. The van der Waals surface area contributed by atoms with E-state index in [1.165, 1.54) is 12.1 Å². The van der Waals surface area contributed by atoms with Gasteiger partial charge >= 0.3 is 11.2 Å². The second kappa shape index (κ2) is 4.43. The first-order chi connectivity index (χ1) is 8.40. The van der Waals surface area contributed by atoms with E-state index in [1.807, 2.05) is 0 Å². The number of carboxylic acid groups (broad SMARTS) is 1. The van der Waals surface area contributed by atoms with Crippen LogP contribution in [0.2, 0.25) is 5.02 Å². The van der Waals surface area contributed by atoms with Crippen LogP contribution in [-0.2, 0) is 14.6 Å². The predicted octanol–water partition coefficient (Wildman–Crippen LogP) is 1.43. The standard InChI is InChI=1S/C10H6ClNO5S/c11-6-3-1-2-4-8(6)17-10-12-7(9(13)14)5-18(10,15)16/h1-5H,(H,13,14). The summed E-state index contributed by atoms with van der Waals surface area (Å²) in [4.78, 5) is 14.0. The highest BCUT2D eigenvalue weighted by molar-refractivity contribution is 8.08. The fourth-order valence-corrected chi connectivity index (χ4v) is 2.34. The minimum Gasteiger partial charge on any atom is -0.476 e. The van der Waals surface area contributed by atoms with Gasteiger partial charge in [0, 0.05) is 0 Å². The average Bonchev–Trinajstić information content (AvgIpc) is 2.58. The van der Waals surface area contributed by atoms with E-state index in [0.717, 1.165) is 0 Å². The topological polar surface area (TPSA) is 93.0 Å². The molecule has 1 aliphatic rings. The van der Waals surface area contributed by atoms with Gasteiger partial charge < -0.3 is 9.84 Å². The predicted molar refractivity (Wildman–Crippen MR) is 64.2 cm³/mol. The van der Waals surface area contributed by atoms with Gasteiger partial charge in [-0.3, -0.25) is 0 Å². The molecule has 1 aliphatic heterocycles. The van der Waals surface area contributed by atoms with Crippen molar-refractivity contribution in [3.05, 3.63) is 40.4 Å². The normalized spacial score (nSPS) is 16.9. The van der Waals surface area contributed by atoms with Crippen molar-refractivity contribution in [3.63, 3.8) is 0 Å². The van der Waals surface area contributed by atoms with Gasteiger partial charge in [-0.2, -0.15) is 4.99 Å². The fourth-order valence-electron chi connectivity index (χ4n) is 1.19. The Balaban J connectivity index is 2.35. The number of hydrogen-bond donors (Lipinski definition) is 1. The molecule has 2 rings (SSSR count). The van der Waals surface area contributed by atoms with Crippen molar-refractivity contribution < 1.29 is 23.1 Å². The maximum absolute atomic E-state index is 11.6. The summed E-state index contributed by atoms with van der Waals surface area (Å²) < 4.78 is 28.1. The number of rotatable bonds is 2. The molecule has 6 nitrogen and oxygen atoms in total. The molecule has 1 aromatic rings. The van der Waals surface area contributed by atoms with E-state index >= 15 is 0 Å². The lowest BCUT2D eigenvalue weighted by Crippen LogP contribution is -2.16. The number of nitrogens with zero attached hydrogens (tertiary/aromatic N) is 1. The second-order valence-corrected chi connectivity index (χ2v) is 5.35. The molecule has 0 spiro atoms. The van der Waals surface area contributed by atoms with Crippen LogP contribution in [-0.4, -0.2) is 24.7 Å². The molecule has 0 bridgehead atoms. The number of aliphatic carboxylic acids is 1. The minimum absolute atomic E-state index is 0.0848. The number of aliphatic imine (C=N–C) groups is 1. The van der Waals surface area contributed by atoms with Gasteiger partial charge in [0.2, 0.25) is 0 Å². The van der Waals surface area contributed by atoms with Gasteiger partial charge in [-0.05, 0) is 12.1 Å². The van der Waals surface area contributed by atoms with Crippen molar-refractivity contribution >= 4 is 32.6 Å². The zero-order valence-electron chi connectivity index (χ0n) is 8.70. The summed E-state index contributed by atoms with van der Waals surface area (Å²) in [5, 5.41) is 8.68. The summed E-state index contributed by atoms with van der Waals surface area (Å²) >= 11 is 5.79. The monoisotopic (exact) mass is 287 g/mol. The molecule has 1 aromatic carbocycles. The van der Waals surface area contributed by atoms with E-state index in [9.17, 15) is 13.2 Å². The SMILES string of the molecule is O=C(O)C1=CS(=O)(=O)C(Oc2ccccc2Cl)=N1. The smallest absolute Gasteiger partial charge is 0.355 e. The molecule has 0 saturated heterocycles. The highest BCUT2D eigenvalue weighted by Gasteiger charge is 2.30. The van der Waals surface area contributed by atoms with E-state index in [1.54, 1.807) is 12.1 Å². The fraction of sp³-hybridized carbons (Fsp3) is 0. The van der Waals surface area contributed by atoms with E-state index < -0.39 is 26.7 Å². The summed E-state index contributed by atoms with van der Waals surface area (Å²) in [6.07, 6.45) is 0. The highest BCUT2D eigenvalue weighted by Crippen LogP contribution is 2.26. The lowest BCUT2D eigenvalue weighted by Gasteiger charge is -2.05. The lowest BCUT2D eigenvalue weighted by molar-refractivity contribution is -0.132. The summed E-state index contributed by atoms with van der Waals surface area (Å²) in [5.41, 5.74) is -0.600. The Kier molecular flexibility index (Phi) is 3.10. The first-order valence-corrected chi connectivity index (χ1v) is 6.54. The molecule has 0 amide bonds. The van der Waals surface area contributed by atoms with Crippen LogP contribution in [0.4, 0.5) is 0 Å². The lowest BCUT2D eigenvalue weighted by atomic mass is 10.3. The number of benzene rings is 1. The van der Waals surface area contributed by atoms with Gasteiger partial charge in [0.05, 0.1) is 10.4 Å². The molecular formula is C10H6ClNO5S. The van der Waals surface area contributed by atoms with Crippen LogP contribution in [0.5, 0.6) is 5.75 Å². The van der Waals surface area contributed by atoms with Gasteiger partial charge in [0.1, 0.15) is 5.75 Å². The van der Waals surface area contributed by atoms with Crippen LogP contribution in [0.15, 0.2) is 40.4 Å². The van der Waals surface area contributed by atoms with Crippen molar-refractivity contribution in [2.45, 2.75) is 0 Å². The van der Waals surface area contributed by atoms with E-state index in [2.05, 4.69) is 4.99 Å². The quantitative estimate of drug-likeness (QED) is 0.888. The maximum atomic E-state index is 11.6. The van der Waals surface area contributed by atoms with Crippen LogP contribution in [0, 0.1) is 0 Å². The highest BCUT2D eigenvalue weighted by atomic mass is 35.5. The number of carbonyl (C=O) groups is 1. The largest absolute Gasteiger partial charge is 0.476 e. The Morgan fingerprint density at radius 1 is 1.33 bits per heavy atom. The number of para-hydroxylation sites is 1. The molecule has 1 heterocycles. The van der Waals surface area contributed by atoms with Crippen LogP contribution in [0.3, 0.4) is 0 Å². The van der Waals surface area contributed by atoms with Crippen LogP contribution >= 0.6 is 11.6 Å². The van der Waals surface area contributed by atoms with Gasteiger partial charge in [-0.25, -0.2) is 13.2 Å². The van der Waals surface area contributed by atoms with Crippen LogP contribution < -0.4 is 4.74 Å². The first kappa shape index (κ1) is 12.6. The molecule has 0 aliphatic carbocycles. The van der Waals surface area contributed by atoms with Crippen molar-refractivity contribution in [3.8, 4) is 5.75 Å². The van der Waals surface area contributed by atoms with Crippen molar-refractivity contribution in [1.82, 2.24) is 0 Å². The Morgan fingerprint density at radius 2 is 2.00 bits per heavy atom. The molecule has 0 radical (unpaired) electrons. The summed E-state index contributed by atoms with van der Waals surface area (Å²) in [5.74, 6) is -1.36. The number of carboxylic acids is 1. The van der Waals surface area contributed by atoms with Crippen molar-refractivity contribution in [2.24, 2.45) is 4.99 Å². The Morgan fingerprint density at radius 3 is 2.56 bits per heavy atom. The molecule has 1 N–H and O–H groups in total. The second-order valence-electron chi connectivity index (χ2n) is 3.26. The molecule has 0 atom stereocenters. The maximum Gasteiger partial charge on any atom is 0.355 e. The van der Waals surface area contributed by atoms with Gasteiger partial charge in [0.15, 0.2) is 5.70 Å². The number of ether oxygens (including phenoxy) is 1. The van der Waals surface area contributed by atoms with E-state index in [4.69, 9.17) is 21.4 Å². The molecule has 94 valence electrons. The Hall–Kier alpha value is -1.86. The minimum atomic E-state index is -3.97. The Bertz CT molecular complexity index is 677. The molecule has 0 aromatic heterocycles. The molecule has 0 saturated carbocycles. The zero-order valence-corrected chi connectivity index (χ0v) is 10.3. The van der Waals surface area contributed by atoms with Crippen molar-refractivity contribution in [1.29, 1.82) is 0 Å². The summed E-state index contributed by atoms with van der Waals surface area (Å²) in [7, 11) is -3.97. The number of halogens is 1.